The standard InChI is InChI=1S/C12H21N3O4S/c1-13-10(16)6-15-4-2-9(3-5-15)14-11(17)7-20-8-12(18)19/h9H,2-8H2,1H3,(H,13,16)(H,14,17)(H,18,19). The number of aliphatic carboxylic acids is 1. The van der Waals surface area contributed by atoms with Gasteiger partial charge in [0.05, 0.1) is 18.1 Å². The van der Waals surface area contributed by atoms with Crippen molar-refractivity contribution in [2.75, 3.05) is 38.2 Å². The average Bonchev–Trinajstić information content (AvgIpc) is 2.40. The van der Waals surface area contributed by atoms with Crippen LogP contribution in [0.2, 0.25) is 0 Å². The molecule has 3 N–H and O–H groups in total. The number of hydrogen-bond donors (Lipinski definition) is 3. The van der Waals surface area contributed by atoms with Crippen LogP contribution in [0.3, 0.4) is 0 Å². The highest BCUT2D eigenvalue weighted by atomic mass is 32.2. The highest BCUT2D eigenvalue weighted by molar-refractivity contribution is 8.00. The van der Waals surface area contributed by atoms with Crippen LogP contribution in [0.25, 0.3) is 0 Å². The Morgan fingerprint density at radius 1 is 1.20 bits per heavy atom. The molecule has 1 fully saturated rings. The minimum Gasteiger partial charge on any atom is -0.481 e. The number of piperidine rings is 1. The van der Waals surface area contributed by atoms with Crippen LogP contribution in [0.15, 0.2) is 0 Å². The second-order valence-electron chi connectivity index (χ2n) is 4.68. The van der Waals surface area contributed by atoms with E-state index in [1.54, 1.807) is 7.05 Å². The highest BCUT2D eigenvalue weighted by Crippen LogP contribution is 2.10. The van der Waals surface area contributed by atoms with Gasteiger partial charge in [-0.25, -0.2) is 0 Å². The number of carbonyl (C=O) groups excluding carboxylic acids is 2. The van der Waals surface area contributed by atoms with Crippen molar-refractivity contribution in [3.05, 3.63) is 0 Å². The number of hydrogen-bond acceptors (Lipinski definition) is 5. The maximum atomic E-state index is 11.6. The van der Waals surface area contributed by atoms with Gasteiger partial charge in [-0.05, 0) is 12.8 Å². The number of carbonyl (C=O) groups is 3. The number of likely N-dealkylation sites (tertiary alicyclic amines) is 1. The lowest BCUT2D eigenvalue weighted by Gasteiger charge is -2.31. The Labute approximate surface area is 122 Å². The predicted octanol–water partition coefficient (Wildman–Crippen LogP) is -0.869. The number of carboxylic acids is 1. The van der Waals surface area contributed by atoms with Gasteiger partial charge in [-0.3, -0.25) is 19.3 Å². The van der Waals surface area contributed by atoms with Crippen molar-refractivity contribution in [3.63, 3.8) is 0 Å². The number of amides is 2. The molecule has 1 aliphatic heterocycles. The number of nitrogens with one attached hydrogen (secondary N) is 2. The maximum Gasteiger partial charge on any atom is 0.313 e. The molecule has 0 unspecified atom stereocenters. The molecule has 0 aromatic carbocycles. The van der Waals surface area contributed by atoms with Crippen molar-refractivity contribution in [2.45, 2.75) is 18.9 Å². The van der Waals surface area contributed by atoms with E-state index in [-0.39, 0.29) is 29.4 Å². The zero-order chi connectivity index (χ0) is 15.0. The smallest absolute Gasteiger partial charge is 0.313 e. The van der Waals surface area contributed by atoms with Gasteiger partial charge < -0.3 is 15.7 Å². The van der Waals surface area contributed by atoms with E-state index in [0.29, 0.717) is 6.54 Å². The first-order valence-corrected chi connectivity index (χ1v) is 7.68. The molecule has 0 spiro atoms. The van der Waals surface area contributed by atoms with E-state index in [1.165, 1.54) is 0 Å². The summed E-state index contributed by atoms with van der Waals surface area (Å²) in [5.41, 5.74) is 0. The Balaban J connectivity index is 2.16. The summed E-state index contributed by atoms with van der Waals surface area (Å²) in [4.78, 5) is 35.2. The molecule has 1 aliphatic rings. The van der Waals surface area contributed by atoms with Gasteiger partial charge in [0.15, 0.2) is 0 Å². The minimum atomic E-state index is -0.912. The van der Waals surface area contributed by atoms with Gasteiger partial charge in [-0.2, -0.15) is 0 Å². The molecule has 7 nitrogen and oxygen atoms in total. The van der Waals surface area contributed by atoms with Crippen LogP contribution >= 0.6 is 11.8 Å². The molecule has 8 heteroatoms. The fourth-order valence-electron chi connectivity index (χ4n) is 2.02. The lowest BCUT2D eigenvalue weighted by atomic mass is 10.1. The summed E-state index contributed by atoms with van der Waals surface area (Å²) < 4.78 is 0. The normalized spacial score (nSPS) is 16.6. The first kappa shape index (κ1) is 16.8. The zero-order valence-corrected chi connectivity index (χ0v) is 12.4. The zero-order valence-electron chi connectivity index (χ0n) is 11.6. The summed E-state index contributed by atoms with van der Waals surface area (Å²) in [5.74, 6) is -0.924. The molecule has 1 saturated heterocycles. The second kappa shape index (κ2) is 8.80. The molecule has 1 rings (SSSR count). The van der Waals surface area contributed by atoms with Crippen LogP contribution in [-0.4, -0.2) is 72.0 Å². The van der Waals surface area contributed by atoms with E-state index in [1.807, 2.05) is 0 Å². The fraction of sp³-hybridized carbons (Fsp3) is 0.750. The SMILES string of the molecule is CNC(=O)CN1CCC(NC(=O)CSCC(=O)O)CC1. The molecule has 1 heterocycles. The third kappa shape index (κ3) is 6.76. The van der Waals surface area contributed by atoms with Crippen LogP contribution in [0.4, 0.5) is 0 Å². The molecule has 0 bridgehead atoms. The van der Waals surface area contributed by atoms with E-state index < -0.39 is 5.97 Å². The summed E-state index contributed by atoms with van der Waals surface area (Å²) in [6.45, 7) is 1.95. The van der Waals surface area contributed by atoms with E-state index in [9.17, 15) is 14.4 Å². The van der Waals surface area contributed by atoms with Crippen LogP contribution in [-0.2, 0) is 14.4 Å². The van der Waals surface area contributed by atoms with E-state index in [0.717, 1.165) is 37.7 Å². The predicted molar refractivity (Wildman–Crippen MR) is 76.6 cm³/mol. The molecule has 0 saturated carbocycles. The van der Waals surface area contributed by atoms with Gasteiger partial charge in [0.25, 0.3) is 0 Å². The van der Waals surface area contributed by atoms with Crippen molar-refractivity contribution < 1.29 is 19.5 Å². The van der Waals surface area contributed by atoms with Crippen LogP contribution in [0, 0.1) is 0 Å². The largest absolute Gasteiger partial charge is 0.481 e. The van der Waals surface area contributed by atoms with Gasteiger partial charge in [0, 0.05) is 26.2 Å². The Morgan fingerprint density at radius 2 is 1.85 bits per heavy atom. The maximum absolute atomic E-state index is 11.6. The molecule has 0 aromatic rings. The van der Waals surface area contributed by atoms with Gasteiger partial charge in [0.2, 0.25) is 11.8 Å². The summed E-state index contributed by atoms with van der Waals surface area (Å²) >= 11 is 1.10. The number of likely N-dealkylation sites (N-methyl/N-ethyl adjacent to an activating group) is 1. The lowest BCUT2D eigenvalue weighted by Crippen LogP contribution is -2.47. The van der Waals surface area contributed by atoms with E-state index >= 15 is 0 Å². The minimum absolute atomic E-state index is 0.00226. The third-order valence-electron chi connectivity index (χ3n) is 3.06. The summed E-state index contributed by atoms with van der Waals surface area (Å²) in [6.07, 6.45) is 1.62. The molecule has 0 atom stereocenters. The van der Waals surface area contributed by atoms with Gasteiger partial charge in [-0.15, -0.1) is 11.8 Å². The molecule has 20 heavy (non-hydrogen) atoms. The van der Waals surface area contributed by atoms with Crippen LogP contribution in [0.5, 0.6) is 0 Å². The molecule has 0 aromatic heterocycles. The van der Waals surface area contributed by atoms with Gasteiger partial charge in [-0.1, -0.05) is 0 Å². The van der Waals surface area contributed by atoms with Crippen molar-refractivity contribution in [3.8, 4) is 0 Å². The van der Waals surface area contributed by atoms with E-state index in [4.69, 9.17) is 5.11 Å². The molecule has 0 aliphatic carbocycles. The fourth-order valence-corrected chi connectivity index (χ4v) is 2.56. The van der Waals surface area contributed by atoms with Gasteiger partial charge >= 0.3 is 5.97 Å². The lowest BCUT2D eigenvalue weighted by molar-refractivity contribution is -0.134. The monoisotopic (exact) mass is 303 g/mol. The van der Waals surface area contributed by atoms with Crippen LogP contribution < -0.4 is 10.6 Å². The summed E-state index contributed by atoms with van der Waals surface area (Å²) in [5, 5.41) is 14.0. The van der Waals surface area contributed by atoms with Crippen molar-refractivity contribution in [2.24, 2.45) is 0 Å². The Bertz CT molecular complexity index is 357. The van der Waals surface area contributed by atoms with Crippen molar-refractivity contribution in [1.29, 1.82) is 0 Å². The Hall–Kier alpha value is -1.28. The number of carboxylic acid groups (broad SMARTS) is 1. The Morgan fingerprint density at radius 3 is 2.40 bits per heavy atom. The molecule has 114 valence electrons. The van der Waals surface area contributed by atoms with Crippen molar-refractivity contribution in [1.82, 2.24) is 15.5 Å². The highest BCUT2D eigenvalue weighted by Gasteiger charge is 2.21. The van der Waals surface area contributed by atoms with E-state index in [2.05, 4.69) is 15.5 Å². The van der Waals surface area contributed by atoms with Crippen LogP contribution in [0.1, 0.15) is 12.8 Å². The van der Waals surface area contributed by atoms with Crippen molar-refractivity contribution >= 4 is 29.5 Å². The first-order chi connectivity index (χ1) is 9.51. The number of rotatable bonds is 7. The van der Waals surface area contributed by atoms with Gasteiger partial charge in [0.1, 0.15) is 0 Å². The third-order valence-corrected chi connectivity index (χ3v) is 3.97. The Kier molecular flexibility index (Phi) is 7.38. The summed E-state index contributed by atoms with van der Waals surface area (Å²) in [7, 11) is 1.62. The quantitative estimate of drug-likeness (QED) is 0.565. The molecular weight excluding hydrogens is 282 g/mol. The first-order valence-electron chi connectivity index (χ1n) is 6.53. The number of nitrogens with zero attached hydrogens (tertiary/aromatic N) is 1. The molecule has 2 amide bonds. The molecular formula is C12H21N3O4S. The summed E-state index contributed by atoms with van der Waals surface area (Å²) in [6, 6.07) is 0.119. The number of thioether (sulfide) groups is 1. The second-order valence-corrected chi connectivity index (χ2v) is 5.66. The topological polar surface area (TPSA) is 98.7 Å². The molecule has 0 radical (unpaired) electrons. The average molecular weight is 303 g/mol.